The molecule has 4 heteroatoms. The first-order chi connectivity index (χ1) is 11.1. The monoisotopic (exact) mass is 327 g/mol. The van der Waals surface area contributed by atoms with Crippen LogP contribution in [0.25, 0.3) is 10.6 Å². The minimum absolute atomic E-state index is 0.253. The van der Waals surface area contributed by atoms with Crippen LogP contribution in [0.4, 0.5) is 4.39 Å². The van der Waals surface area contributed by atoms with E-state index in [1.165, 1.54) is 11.6 Å². The molecule has 0 unspecified atom stereocenters. The topological polar surface area (TPSA) is 22.1 Å². The van der Waals surface area contributed by atoms with E-state index >= 15 is 0 Å². The summed E-state index contributed by atoms with van der Waals surface area (Å²) in [7, 11) is 0. The van der Waals surface area contributed by atoms with Crippen molar-refractivity contribution >= 4 is 11.3 Å². The standard InChI is InChI=1S/C19H18FNOS/c1-13(2)14-7-9-15(10-8-14)19-21-16(12-23-19)11-22-18-6-4-3-5-17(18)20/h3-10,12-13H,11H2,1-2H3. The minimum Gasteiger partial charge on any atom is -0.484 e. The third-order valence-electron chi connectivity index (χ3n) is 3.59. The number of rotatable bonds is 5. The maximum atomic E-state index is 13.5. The van der Waals surface area contributed by atoms with E-state index in [0.29, 0.717) is 5.92 Å². The van der Waals surface area contributed by atoms with Gasteiger partial charge in [0, 0.05) is 10.9 Å². The van der Waals surface area contributed by atoms with Crippen molar-refractivity contribution < 1.29 is 9.13 Å². The molecule has 2 aromatic carbocycles. The van der Waals surface area contributed by atoms with Crippen LogP contribution in [0.2, 0.25) is 0 Å². The first-order valence-corrected chi connectivity index (χ1v) is 8.43. The van der Waals surface area contributed by atoms with Crippen molar-refractivity contribution in [3.63, 3.8) is 0 Å². The van der Waals surface area contributed by atoms with Gasteiger partial charge in [-0.15, -0.1) is 11.3 Å². The second kappa shape index (κ2) is 6.92. The van der Waals surface area contributed by atoms with Gasteiger partial charge in [-0.1, -0.05) is 50.2 Å². The number of thiazole rings is 1. The van der Waals surface area contributed by atoms with E-state index in [1.807, 2.05) is 5.38 Å². The van der Waals surface area contributed by atoms with Crippen molar-refractivity contribution in [3.8, 4) is 16.3 Å². The Labute approximate surface area is 139 Å². The van der Waals surface area contributed by atoms with E-state index < -0.39 is 0 Å². The molecule has 118 valence electrons. The van der Waals surface area contributed by atoms with E-state index in [9.17, 15) is 4.39 Å². The van der Waals surface area contributed by atoms with Gasteiger partial charge in [-0.3, -0.25) is 0 Å². The van der Waals surface area contributed by atoms with Crippen LogP contribution in [0.3, 0.4) is 0 Å². The number of nitrogens with zero attached hydrogens (tertiary/aromatic N) is 1. The number of benzene rings is 2. The lowest BCUT2D eigenvalue weighted by molar-refractivity contribution is 0.287. The summed E-state index contributed by atoms with van der Waals surface area (Å²) in [6.45, 7) is 4.62. The van der Waals surface area contributed by atoms with Crippen LogP contribution in [-0.2, 0) is 6.61 Å². The van der Waals surface area contributed by atoms with Crippen LogP contribution in [-0.4, -0.2) is 4.98 Å². The van der Waals surface area contributed by atoms with Crippen molar-refractivity contribution in [2.75, 3.05) is 0 Å². The molecule has 0 atom stereocenters. The summed E-state index contributed by atoms with van der Waals surface area (Å²) in [4.78, 5) is 4.57. The Morgan fingerprint density at radius 1 is 1.09 bits per heavy atom. The van der Waals surface area contributed by atoms with Gasteiger partial charge in [-0.2, -0.15) is 0 Å². The molecule has 0 saturated carbocycles. The second-order valence-electron chi connectivity index (χ2n) is 5.64. The van der Waals surface area contributed by atoms with Crippen LogP contribution in [0.1, 0.15) is 31.0 Å². The molecule has 0 radical (unpaired) electrons. The predicted molar refractivity (Wildman–Crippen MR) is 92.4 cm³/mol. The van der Waals surface area contributed by atoms with E-state index in [4.69, 9.17) is 4.74 Å². The summed E-state index contributed by atoms with van der Waals surface area (Å²) in [5.74, 6) is 0.417. The van der Waals surface area contributed by atoms with Gasteiger partial charge in [0.1, 0.15) is 11.6 Å². The molecule has 1 aromatic heterocycles. The molecule has 0 saturated heterocycles. The number of hydrogen-bond donors (Lipinski definition) is 0. The van der Waals surface area contributed by atoms with Crippen LogP contribution >= 0.6 is 11.3 Å². The van der Waals surface area contributed by atoms with Gasteiger partial charge >= 0.3 is 0 Å². The largest absolute Gasteiger partial charge is 0.484 e. The van der Waals surface area contributed by atoms with E-state index in [-0.39, 0.29) is 18.2 Å². The van der Waals surface area contributed by atoms with Crippen LogP contribution in [0.15, 0.2) is 53.9 Å². The fourth-order valence-electron chi connectivity index (χ4n) is 2.23. The van der Waals surface area contributed by atoms with E-state index in [0.717, 1.165) is 16.3 Å². The second-order valence-corrected chi connectivity index (χ2v) is 6.50. The van der Waals surface area contributed by atoms with Crippen molar-refractivity contribution in [1.29, 1.82) is 0 Å². The average molecular weight is 327 g/mol. The van der Waals surface area contributed by atoms with Crippen molar-refractivity contribution in [2.24, 2.45) is 0 Å². The van der Waals surface area contributed by atoms with Crippen molar-refractivity contribution in [1.82, 2.24) is 4.98 Å². The van der Waals surface area contributed by atoms with Crippen LogP contribution < -0.4 is 4.74 Å². The highest BCUT2D eigenvalue weighted by Gasteiger charge is 2.08. The maximum Gasteiger partial charge on any atom is 0.165 e. The molecule has 1 heterocycles. The number of halogens is 1. The third-order valence-corrected chi connectivity index (χ3v) is 4.53. The highest BCUT2D eigenvalue weighted by Crippen LogP contribution is 2.26. The Morgan fingerprint density at radius 3 is 2.52 bits per heavy atom. The Morgan fingerprint density at radius 2 is 1.83 bits per heavy atom. The fraction of sp³-hybridized carbons (Fsp3) is 0.211. The van der Waals surface area contributed by atoms with Gasteiger partial charge in [-0.05, 0) is 23.6 Å². The van der Waals surface area contributed by atoms with E-state index in [2.05, 4.69) is 43.1 Å². The Balaban J connectivity index is 1.69. The molecule has 3 rings (SSSR count). The number of ether oxygens (including phenoxy) is 1. The zero-order chi connectivity index (χ0) is 16.2. The predicted octanol–water partition coefficient (Wildman–Crippen LogP) is 5.65. The Kier molecular flexibility index (Phi) is 4.72. The smallest absolute Gasteiger partial charge is 0.165 e. The lowest BCUT2D eigenvalue weighted by atomic mass is 10.0. The maximum absolute atomic E-state index is 13.5. The van der Waals surface area contributed by atoms with Gasteiger partial charge in [0.25, 0.3) is 0 Å². The first kappa shape index (κ1) is 15.7. The van der Waals surface area contributed by atoms with Gasteiger partial charge in [0.2, 0.25) is 0 Å². The first-order valence-electron chi connectivity index (χ1n) is 7.55. The lowest BCUT2D eigenvalue weighted by Crippen LogP contribution is -1.97. The molecule has 0 aliphatic carbocycles. The van der Waals surface area contributed by atoms with Gasteiger partial charge in [0.05, 0.1) is 5.69 Å². The number of para-hydroxylation sites is 1. The summed E-state index contributed by atoms with van der Waals surface area (Å²) in [5, 5.41) is 2.90. The Bertz CT molecular complexity index is 780. The molecule has 0 spiro atoms. The lowest BCUT2D eigenvalue weighted by Gasteiger charge is -2.05. The number of aromatic nitrogens is 1. The molecule has 3 aromatic rings. The van der Waals surface area contributed by atoms with Gasteiger partial charge in [0.15, 0.2) is 11.6 Å². The summed E-state index contributed by atoms with van der Waals surface area (Å²) in [5.41, 5.74) is 3.21. The molecule has 23 heavy (non-hydrogen) atoms. The molecular formula is C19H18FNOS. The zero-order valence-electron chi connectivity index (χ0n) is 13.1. The normalized spacial score (nSPS) is 11.0. The van der Waals surface area contributed by atoms with Crippen LogP contribution in [0, 0.1) is 5.82 Å². The summed E-state index contributed by atoms with van der Waals surface area (Å²) >= 11 is 1.57. The highest BCUT2D eigenvalue weighted by atomic mass is 32.1. The molecule has 0 amide bonds. The minimum atomic E-state index is -0.354. The molecule has 0 aliphatic heterocycles. The highest BCUT2D eigenvalue weighted by molar-refractivity contribution is 7.13. The molecule has 0 aliphatic rings. The number of hydrogen-bond acceptors (Lipinski definition) is 3. The summed E-state index contributed by atoms with van der Waals surface area (Å²) in [6.07, 6.45) is 0. The molecular weight excluding hydrogens is 309 g/mol. The molecule has 0 bridgehead atoms. The molecule has 0 fully saturated rings. The van der Waals surface area contributed by atoms with Crippen LogP contribution in [0.5, 0.6) is 5.75 Å². The summed E-state index contributed by atoms with van der Waals surface area (Å²) in [6, 6.07) is 14.9. The molecule has 2 nitrogen and oxygen atoms in total. The zero-order valence-corrected chi connectivity index (χ0v) is 13.9. The third kappa shape index (κ3) is 3.77. The van der Waals surface area contributed by atoms with Gasteiger partial charge in [-0.25, -0.2) is 9.37 Å². The fourth-order valence-corrected chi connectivity index (χ4v) is 3.04. The summed E-state index contributed by atoms with van der Waals surface area (Å²) < 4.78 is 19.0. The van der Waals surface area contributed by atoms with Crippen molar-refractivity contribution in [3.05, 3.63) is 71.0 Å². The van der Waals surface area contributed by atoms with Crippen molar-refractivity contribution in [2.45, 2.75) is 26.4 Å². The average Bonchev–Trinajstić information content (AvgIpc) is 3.03. The Hall–Kier alpha value is -2.20. The molecule has 0 N–H and O–H groups in total. The van der Waals surface area contributed by atoms with Gasteiger partial charge < -0.3 is 4.74 Å². The quantitative estimate of drug-likeness (QED) is 0.604. The van der Waals surface area contributed by atoms with E-state index in [1.54, 1.807) is 29.5 Å². The SMILES string of the molecule is CC(C)c1ccc(-c2nc(COc3ccccc3F)cs2)cc1.